The van der Waals surface area contributed by atoms with Crippen LogP contribution in [0.5, 0.6) is 0 Å². The summed E-state index contributed by atoms with van der Waals surface area (Å²) in [5, 5.41) is 5.46. The van der Waals surface area contributed by atoms with Crippen molar-refractivity contribution in [3.8, 4) is 0 Å². The number of carbonyl (C=O) groups is 1. The molecule has 1 fully saturated rings. The minimum absolute atomic E-state index is 0.101. The van der Waals surface area contributed by atoms with E-state index in [0.717, 1.165) is 48.5 Å². The van der Waals surface area contributed by atoms with Crippen LogP contribution in [-0.4, -0.2) is 35.5 Å². The Morgan fingerprint density at radius 2 is 1.93 bits per heavy atom. The quantitative estimate of drug-likeness (QED) is 0.520. The van der Waals surface area contributed by atoms with Crippen LogP contribution >= 0.6 is 11.3 Å². The van der Waals surface area contributed by atoms with E-state index in [2.05, 4.69) is 51.6 Å². The second kappa shape index (κ2) is 7.87. The highest BCUT2D eigenvalue weighted by molar-refractivity contribution is 7.22. The van der Waals surface area contributed by atoms with E-state index in [4.69, 9.17) is 4.98 Å². The molecule has 5 rings (SSSR count). The zero-order valence-corrected chi connectivity index (χ0v) is 17.0. The molecular formula is C23H24N4OS. The summed E-state index contributed by atoms with van der Waals surface area (Å²) >= 11 is 1.74. The standard InChI is InChI=1S/C23H24N4OS/c28-22(24-12-9-17-15-25-19-6-2-1-5-18(17)19)16-10-13-27(14-11-16)23-26-20-7-3-4-8-21(20)29-23/h1-8,15-16,25H,9-14H2,(H,24,28). The lowest BCUT2D eigenvalue weighted by Crippen LogP contribution is -2.41. The molecule has 148 valence electrons. The average molecular weight is 405 g/mol. The van der Waals surface area contributed by atoms with Gasteiger partial charge in [-0.05, 0) is 43.0 Å². The van der Waals surface area contributed by atoms with Gasteiger partial charge in [0.1, 0.15) is 0 Å². The van der Waals surface area contributed by atoms with Gasteiger partial charge in [-0.25, -0.2) is 4.98 Å². The van der Waals surface area contributed by atoms with Crippen molar-refractivity contribution in [2.75, 3.05) is 24.5 Å². The first kappa shape index (κ1) is 18.2. The predicted octanol–water partition coefficient (Wildman–Crippen LogP) is 4.35. The Morgan fingerprint density at radius 3 is 2.79 bits per heavy atom. The number of carbonyl (C=O) groups excluding carboxylic acids is 1. The molecule has 1 aliphatic heterocycles. The van der Waals surface area contributed by atoms with Crippen molar-refractivity contribution in [2.24, 2.45) is 5.92 Å². The fraction of sp³-hybridized carbons (Fsp3) is 0.304. The number of piperidine rings is 1. The number of aromatic amines is 1. The summed E-state index contributed by atoms with van der Waals surface area (Å²) in [6, 6.07) is 16.5. The summed E-state index contributed by atoms with van der Waals surface area (Å²) in [5.74, 6) is 0.289. The molecule has 2 aromatic carbocycles. The van der Waals surface area contributed by atoms with E-state index < -0.39 is 0 Å². The Balaban J connectivity index is 1.13. The molecule has 2 N–H and O–H groups in total. The molecule has 3 heterocycles. The van der Waals surface area contributed by atoms with Crippen molar-refractivity contribution in [1.82, 2.24) is 15.3 Å². The van der Waals surface area contributed by atoms with Crippen molar-refractivity contribution in [2.45, 2.75) is 19.3 Å². The number of hydrogen-bond acceptors (Lipinski definition) is 4. The van der Waals surface area contributed by atoms with Crippen LogP contribution in [0.25, 0.3) is 21.1 Å². The van der Waals surface area contributed by atoms with Gasteiger partial charge in [0, 0.05) is 42.7 Å². The maximum Gasteiger partial charge on any atom is 0.223 e. The van der Waals surface area contributed by atoms with Gasteiger partial charge in [0.05, 0.1) is 10.2 Å². The van der Waals surface area contributed by atoms with Crippen molar-refractivity contribution < 1.29 is 4.79 Å². The SMILES string of the molecule is O=C(NCCc1c[nH]c2ccccc12)C1CCN(c2nc3ccccc3s2)CC1. The number of para-hydroxylation sites is 2. The van der Waals surface area contributed by atoms with Gasteiger partial charge < -0.3 is 15.2 Å². The molecule has 0 bridgehead atoms. The third-order valence-electron chi connectivity index (χ3n) is 5.79. The van der Waals surface area contributed by atoms with Crippen LogP contribution < -0.4 is 10.2 Å². The van der Waals surface area contributed by atoms with Crippen molar-refractivity contribution in [3.63, 3.8) is 0 Å². The zero-order valence-electron chi connectivity index (χ0n) is 16.2. The number of rotatable bonds is 5. The highest BCUT2D eigenvalue weighted by atomic mass is 32.1. The molecule has 5 nitrogen and oxygen atoms in total. The first-order valence-electron chi connectivity index (χ1n) is 10.2. The van der Waals surface area contributed by atoms with E-state index in [1.165, 1.54) is 15.6 Å². The largest absolute Gasteiger partial charge is 0.361 e. The average Bonchev–Trinajstić information content (AvgIpc) is 3.38. The van der Waals surface area contributed by atoms with Gasteiger partial charge in [-0.1, -0.05) is 41.7 Å². The molecule has 29 heavy (non-hydrogen) atoms. The lowest BCUT2D eigenvalue weighted by atomic mass is 9.96. The van der Waals surface area contributed by atoms with Crippen LogP contribution in [-0.2, 0) is 11.2 Å². The van der Waals surface area contributed by atoms with E-state index in [1.54, 1.807) is 11.3 Å². The summed E-state index contributed by atoms with van der Waals surface area (Å²) in [5.41, 5.74) is 3.47. The monoisotopic (exact) mass is 404 g/mol. The summed E-state index contributed by atoms with van der Waals surface area (Å²) in [7, 11) is 0. The summed E-state index contributed by atoms with van der Waals surface area (Å²) in [6.07, 6.45) is 4.66. The summed E-state index contributed by atoms with van der Waals surface area (Å²) < 4.78 is 1.22. The third kappa shape index (κ3) is 3.72. The fourth-order valence-corrected chi connectivity index (χ4v) is 5.15. The highest BCUT2D eigenvalue weighted by Gasteiger charge is 2.26. The van der Waals surface area contributed by atoms with Crippen LogP contribution in [0.3, 0.4) is 0 Å². The second-order valence-electron chi connectivity index (χ2n) is 7.63. The molecular weight excluding hydrogens is 380 g/mol. The number of hydrogen-bond donors (Lipinski definition) is 2. The van der Waals surface area contributed by atoms with Crippen LogP contribution in [0, 0.1) is 5.92 Å². The van der Waals surface area contributed by atoms with Gasteiger partial charge in [0.15, 0.2) is 5.13 Å². The van der Waals surface area contributed by atoms with E-state index in [9.17, 15) is 4.79 Å². The number of thiazole rings is 1. The van der Waals surface area contributed by atoms with Gasteiger partial charge in [-0.2, -0.15) is 0 Å². The molecule has 0 unspecified atom stereocenters. The lowest BCUT2D eigenvalue weighted by molar-refractivity contribution is -0.125. The number of amides is 1. The first-order valence-corrected chi connectivity index (χ1v) is 11.0. The van der Waals surface area contributed by atoms with E-state index in [1.807, 2.05) is 18.3 Å². The number of H-pyrrole nitrogens is 1. The Bertz CT molecular complexity index is 1110. The van der Waals surface area contributed by atoms with Gasteiger partial charge >= 0.3 is 0 Å². The fourth-order valence-electron chi connectivity index (χ4n) is 4.13. The normalized spacial score (nSPS) is 15.2. The minimum Gasteiger partial charge on any atom is -0.361 e. The number of nitrogens with zero attached hydrogens (tertiary/aromatic N) is 2. The molecule has 6 heteroatoms. The molecule has 1 aliphatic rings. The Morgan fingerprint density at radius 1 is 1.14 bits per heavy atom. The maximum atomic E-state index is 12.6. The van der Waals surface area contributed by atoms with Gasteiger partial charge in [-0.3, -0.25) is 4.79 Å². The van der Waals surface area contributed by atoms with Crippen molar-refractivity contribution >= 4 is 43.5 Å². The Kier molecular flexibility index (Phi) is 4.94. The number of nitrogens with one attached hydrogen (secondary N) is 2. The molecule has 0 aliphatic carbocycles. The molecule has 2 aromatic heterocycles. The highest BCUT2D eigenvalue weighted by Crippen LogP contribution is 2.31. The van der Waals surface area contributed by atoms with Crippen molar-refractivity contribution in [1.29, 1.82) is 0 Å². The van der Waals surface area contributed by atoms with E-state index in [-0.39, 0.29) is 11.8 Å². The Labute approximate surface area is 173 Å². The minimum atomic E-state index is 0.101. The van der Waals surface area contributed by atoms with Gasteiger partial charge in [0.25, 0.3) is 0 Å². The lowest BCUT2D eigenvalue weighted by Gasteiger charge is -2.31. The van der Waals surface area contributed by atoms with Crippen LogP contribution in [0.2, 0.25) is 0 Å². The Hall–Kier alpha value is -2.86. The topological polar surface area (TPSA) is 61.0 Å². The van der Waals surface area contributed by atoms with Gasteiger partial charge in [0.2, 0.25) is 5.91 Å². The molecule has 0 atom stereocenters. The smallest absolute Gasteiger partial charge is 0.223 e. The van der Waals surface area contributed by atoms with Crippen molar-refractivity contribution in [3.05, 3.63) is 60.3 Å². The summed E-state index contributed by atoms with van der Waals surface area (Å²) in [4.78, 5) is 23.0. The third-order valence-corrected chi connectivity index (χ3v) is 6.88. The summed E-state index contributed by atoms with van der Waals surface area (Å²) in [6.45, 7) is 2.46. The maximum absolute atomic E-state index is 12.6. The zero-order chi connectivity index (χ0) is 19.6. The number of anilines is 1. The molecule has 1 amide bonds. The number of benzene rings is 2. The molecule has 1 saturated heterocycles. The first-order chi connectivity index (χ1) is 14.3. The second-order valence-corrected chi connectivity index (χ2v) is 8.64. The molecule has 0 spiro atoms. The van der Waals surface area contributed by atoms with E-state index >= 15 is 0 Å². The number of fused-ring (bicyclic) bond motifs is 2. The van der Waals surface area contributed by atoms with Crippen LogP contribution in [0.4, 0.5) is 5.13 Å². The van der Waals surface area contributed by atoms with E-state index in [0.29, 0.717) is 6.54 Å². The molecule has 4 aromatic rings. The van der Waals surface area contributed by atoms with Crippen LogP contribution in [0.15, 0.2) is 54.7 Å². The molecule has 0 radical (unpaired) electrons. The number of aromatic nitrogens is 2. The van der Waals surface area contributed by atoms with Gasteiger partial charge in [-0.15, -0.1) is 0 Å². The molecule has 0 saturated carbocycles. The van der Waals surface area contributed by atoms with Crippen LogP contribution in [0.1, 0.15) is 18.4 Å². The predicted molar refractivity (Wildman–Crippen MR) is 120 cm³/mol.